The lowest BCUT2D eigenvalue weighted by Crippen LogP contribution is -2.05. The van der Waals surface area contributed by atoms with Gasteiger partial charge in [0.05, 0.1) is 0 Å². The van der Waals surface area contributed by atoms with Crippen molar-refractivity contribution in [1.29, 1.82) is 0 Å². The first-order chi connectivity index (χ1) is 6.00. The van der Waals surface area contributed by atoms with Crippen molar-refractivity contribution in [1.82, 2.24) is 4.57 Å². The highest BCUT2D eigenvalue weighted by molar-refractivity contribution is 5.79. The van der Waals surface area contributed by atoms with E-state index in [2.05, 4.69) is 25.3 Å². The molecule has 2 heteroatoms. The molecule has 72 valence electrons. The Morgan fingerprint density at radius 3 is 1.92 bits per heavy atom. The highest BCUT2D eigenvalue weighted by Crippen LogP contribution is 2.23. The molecular formula is C11H17NO. The quantitative estimate of drug-likeness (QED) is 0.640. The molecule has 0 aliphatic rings. The van der Waals surface area contributed by atoms with E-state index in [4.69, 9.17) is 0 Å². The minimum atomic E-state index is 0.424. The lowest BCUT2D eigenvalue weighted by atomic mass is 10.1. The van der Waals surface area contributed by atoms with E-state index >= 15 is 0 Å². The van der Waals surface area contributed by atoms with Crippen LogP contribution in [0.5, 0.6) is 0 Å². The fourth-order valence-corrected chi connectivity index (χ4v) is 1.98. The number of aromatic nitrogens is 1. The highest BCUT2D eigenvalue weighted by atomic mass is 16.1. The van der Waals surface area contributed by atoms with Gasteiger partial charge in [-0.2, -0.15) is 0 Å². The fraction of sp³-hybridized carbons (Fsp3) is 0.545. The van der Waals surface area contributed by atoms with E-state index in [1.54, 1.807) is 0 Å². The van der Waals surface area contributed by atoms with Crippen LogP contribution in [0.3, 0.4) is 0 Å². The summed E-state index contributed by atoms with van der Waals surface area (Å²) in [6, 6.07) is 0.424. The first kappa shape index (κ1) is 10.0. The Kier molecular flexibility index (Phi) is 2.60. The van der Waals surface area contributed by atoms with Crippen LogP contribution >= 0.6 is 0 Å². The Morgan fingerprint density at radius 1 is 1.15 bits per heavy atom. The van der Waals surface area contributed by atoms with E-state index in [9.17, 15) is 4.79 Å². The van der Waals surface area contributed by atoms with Crippen molar-refractivity contribution >= 4 is 6.29 Å². The third-order valence-corrected chi connectivity index (χ3v) is 2.69. The summed E-state index contributed by atoms with van der Waals surface area (Å²) >= 11 is 0. The van der Waals surface area contributed by atoms with Gasteiger partial charge in [-0.1, -0.05) is 0 Å². The molecule has 0 N–H and O–H groups in total. The van der Waals surface area contributed by atoms with E-state index < -0.39 is 0 Å². The molecule has 0 aliphatic heterocycles. The zero-order valence-electron chi connectivity index (χ0n) is 9.01. The fourth-order valence-electron chi connectivity index (χ4n) is 1.98. The summed E-state index contributed by atoms with van der Waals surface area (Å²) in [5.74, 6) is 0. The second-order valence-corrected chi connectivity index (χ2v) is 3.79. The summed E-state index contributed by atoms with van der Waals surface area (Å²) in [6.45, 7) is 10.3. The molecule has 1 aromatic heterocycles. The van der Waals surface area contributed by atoms with Crippen LogP contribution in [0.4, 0.5) is 0 Å². The standard InChI is InChI=1S/C11H17NO/c1-7(2)12-9(4)8(3)11(6-13)10(12)5/h6-7H,1-5H3. The van der Waals surface area contributed by atoms with Crippen molar-refractivity contribution in [2.24, 2.45) is 0 Å². The lowest BCUT2D eigenvalue weighted by Gasteiger charge is -2.13. The Labute approximate surface area is 79.6 Å². The van der Waals surface area contributed by atoms with E-state index in [0.29, 0.717) is 6.04 Å². The van der Waals surface area contributed by atoms with Gasteiger partial charge in [0.1, 0.15) is 0 Å². The second-order valence-electron chi connectivity index (χ2n) is 3.79. The van der Waals surface area contributed by atoms with Crippen LogP contribution in [-0.2, 0) is 0 Å². The third kappa shape index (κ3) is 1.41. The Balaban J connectivity index is 3.45. The molecular weight excluding hydrogens is 162 g/mol. The predicted octanol–water partition coefficient (Wildman–Crippen LogP) is 2.81. The smallest absolute Gasteiger partial charge is 0.152 e. The number of nitrogens with zero attached hydrogens (tertiary/aromatic N) is 1. The van der Waals surface area contributed by atoms with Gasteiger partial charge in [-0.15, -0.1) is 0 Å². The van der Waals surface area contributed by atoms with E-state index in [1.165, 1.54) is 5.69 Å². The van der Waals surface area contributed by atoms with Crippen molar-refractivity contribution in [2.75, 3.05) is 0 Å². The van der Waals surface area contributed by atoms with Gasteiger partial charge in [0.15, 0.2) is 6.29 Å². The molecule has 0 bridgehead atoms. The van der Waals surface area contributed by atoms with Gasteiger partial charge in [-0.25, -0.2) is 0 Å². The van der Waals surface area contributed by atoms with Crippen molar-refractivity contribution in [3.63, 3.8) is 0 Å². The maximum absolute atomic E-state index is 10.8. The van der Waals surface area contributed by atoms with Gasteiger partial charge in [0.25, 0.3) is 0 Å². The Hall–Kier alpha value is -1.05. The molecule has 0 spiro atoms. The number of rotatable bonds is 2. The second kappa shape index (κ2) is 3.36. The number of hydrogen-bond acceptors (Lipinski definition) is 1. The predicted molar refractivity (Wildman–Crippen MR) is 54.4 cm³/mol. The van der Waals surface area contributed by atoms with E-state index in [0.717, 1.165) is 23.1 Å². The van der Waals surface area contributed by atoms with Gasteiger partial charge < -0.3 is 4.57 Å². The van der Waals surface area contributed by atoms with Crippen molar-refractivity contribution in [2.45, 2.75) is 40.7 Å². The lowest BCUT2D eigenvalue weighted by molar-refractivity contribution is 0.112. The molecule has 1 rings (SSSR count). The Morgan fingerprint density at radius 2 is 1.69 bits per heavy atom. The number of aldehydes is 1. The minimum absolute atomic E-state index is 0.424. The van der Waals surface area contributed by atoms with Crippen molar-refractivity contribution < 1.29 is 4.79 Å². The van der Waals surface area contributed by atoms with Gasteiger partial charge in [0, 0.05) is 23.0 Å². The number of carbonyl (C=O) groups excluding carboxylic acids is 1. The van der Waals surface area contributed by atoms with Gasteiger partial charge in [-0.3, -0.25) is 4.79 Å². The summed E-state index contributed by atoms with van der Waals surface area (Å²) < 4.78 is 2.21. The summed E-state index contributed by atoms with van der Waals surface area (Å²) in [5.41, 5.74) is 4.25. The van der Waals surface area contributed by atoms with Crippen molar-refractivity contribution in [3.05, 3.63) is 22.5 Å². The zero-order chi connectivity index (χ0) is 10.2. The van der Waals surface area contributed by atoms with Crippen LogP contribution in [0.2, 0.25) is 0 Å². The zero-order valence-corrected chi connectivity index (χ0v) is 9.01. The maximum atomic E-state index is 10.8. The summed E-state index contributed by atoms with van der Waals surface area (Å²) in [6.07, 6.45) is 0.955. The molecule has 0 radical (unpaired) electrons. The van der Waals surface area contributed by atoms with Crippen LogP contribution in [0, 0.1) is 20.8 Å². The van der Waals surface area contributed by atoms with Crippen LogP contribution in [0.25, 0.3) is 0 Å². The molecule has 0 atom stereocenters. The molecule has 1 heterocycles. The molecule has 2 nitrogen and oxygen atoms in total. The normalized spacial score (nSPS) is 10.9. The molecule has 0 amide bonds. The SMILES string of the molecule is Cc1c(C=O)c(C)n(C(C)C)c1C. The first-order valence-corrected chi connectivity index (χ1v) is 4.63. The molecule has 1 aromatic rings. The number of carbonyl (C=O) groups is 1. The van der Waals surface area contributed by atoms with Gasteiger partial charge in [-0.05, 0) is 40.2 Å². The Bertz CT molecular complexity index is 334. The molecule has 0 saturated carbocycles. The summed E-state index contributed by atoms with van der Waals surface area (Å²) in [5, 5.41) is 0. The molecule has 13 heavy (non-hydrogen) atoms. The third-order valence-electron chi connectivity index (χ3n) is 2.69. The first-order valence-electron chi connectivity index (χ1n) is 4.63. The average molecular weight is 179 g/mol. The largest absolute Gasteiger partial charge is 0.346 e. The summed E-state index contributed by atoms with van der Waals surface area (Å²) in [4.78, 5) is 10.8. The average Bonchev–Trinajstić information content (AvgIpc) is 2.24. The van der Waals surface area contributed by atoms with Crippen LogP contribution < -0.4 is 0 Å². The van der Waals surface area contributed by atoms with Crippen LogP contribution in [0.1, 0.15) is 47.2 Å². The van der Waals surface area contributed by atoms with Gasteiger partial charge in [0.2, 0.25) is 0 Å². The van der Waals surface area contributed by atoms with Crippen LogP contribution in [0.15, 0.2) is 0 Å². The molecule has 0 saturated heterocycles. The molecule has 0 fully saturated rings. The number of hydrogen-bond donors (Lipinski definition) is 0. The monoisotopic (exact) mass is 179 g/mol. The topological polar surface area (TPSA) is 22.0 Å². The maximum Gasteiger partial charge on any atom is 0.152 e. The van der Waals surface area contributed by atoms with Crippen molar-refractivity contribution in [3.8, 4) is 0 Å². The van der Waals surface area contributed by atoms with Gasteiger partial charge >= 0.3 is 0 Å². The van der Waals surface area contributed by atoms with E-state index in [-0.39, 0.29) is 0 Å². The van der Waals surface area contributed by atoms with E-state index in [1.807, 2.05) is 13.8 Å². The molecule has 0 unspecified atom stereocenters. The minimum Gasteiger partial charge on any atom is -0.346 e. The molecule has 0 aliphatic carbocycles. The molecule has 0 aromatic carbocycles. The summed E-state index contributed by atoms with van der Waals surface area (Å²) in [7, 11) is 0. The highest BCUT2D eigenvalue weighted by Gasteiger charge is 2.14. The van der Waals surface area contributed by atoms with Crippen LogP contribution in [-0.4, -0.2) is 10.9 Å².